The van der Waals surface area contributed by atoms with E-state index in [-0.39, 0.29) is 24.1 Å². The fourth-order valence-electron chi connectivity index (χ4n) is 6.49. The number of Topliss-reactive ketones (excluding diaryl/α,β-unsaturated/α-hetero) is 4. The molecule has 2 saturated carbocycles. The van der Waals surface area contributed by atoms with Crippen LogP contribution in [0.15, 0.2) is 24.4 Å². The number of phenols is 1. The number of amides is 1. The predicted octanol–water partition coefficient (Wildman–Crippen LogP) is -0.350. The number of rotatable bonds is 3. The molecular weight excluding hydrogens is 499 g/mol. The van der Waals surface area contributed by atoms with Crippen LogP contribution in [0, 0.1) is 29.6 Å². The summed E-state index contributed by atoms with van der Waals surface area (Å²) in [7, 11) is 3.02. The summed E-state index contributed by atoms with van der Waals surface area (Å²) in [6, 6.07) is 2.78. The molecule has 1 aromatic heterocycles. The lowest BCUT2D eigenvalue weighted by Crippen LogP contribution is -2.74. The topological polar surface area (TPSA) is 194 Å². The third kappa shape index (κ3) is 3.33. The van der Waals surface area contributed by atoms with Crippen molar-refractivity contribution in [2.45, 2.75) is 24.5 Å². The zero-order valence-corrected chi connectivity index (χ0v) is 20.5. The lowest BCUT2D eigenvalue weighted by Gasteiger charge is -2.52. The first-order valence-electron chi connectivity index (χ1n) is 11.9. The summed E-state index contributed by atoms with van der Waals surface area (Å²) in [5, 5.41) is 22.3. The number of aliphatic hydroxyl groups is 1. The Morgan fingerprint density at radius 1 is 1.18 bits per heavy atom. The third-order valence-corrected chi connectivity index (χ3v) is 8.13. The molecule has 2 unspecified atom stereocenters. The van der Waals surface area contributed by atoms with Gasteiger partial charge in [-0.1, -0.05) is 0 Å². The highest BCUT2D eigenvalue weighted by Crippen LogP contribution is 2.52. The van der Waals surface area contributed by atoms with Crippen molar-refractivity contribution in [1.82, 2.24) is 9.88 Å². The number of nitrogen functional groups attached to an aromatic ring is 1. The first-order chi connectivity index (χ1) is 17.8. The second-order valence-electron chi connectivity index (χ2n) is 10.4. The number of fused-ring (bicyclic) bond motifs is 3. The monoisotopic (exact) mass is 524 g/mol. The van der Waals surface area contributed by atoms with Gasteiger partial charge in [-0.15, -0.1) is 0 Å². The van der Waals surface area contributed by atoms with Gasteiger partial charge in [0.05, 0.1) is 23.2 Å². The number of primary amides is 1. The van der Waals surface area contributed by atoms with E-state index >= 15 is 0 Å². The van der Waals surface area contributed by atoms with Crippen molar-refractivity contribution >= 4 is 34.7 Å². The van der Waals surface area contributed by atoms with Gasteiger partial charge in [0.2, 0.25) is 11.9 Å². The Hall–Kier alpha value is -4.03. The van der Waals surface area contributed by atoms with Crippen LogP contribution in [0.4, 0.5) is 10.1 Å². The van der Waals surface area contributed by atoms with E-state index in [1.807, 2.05) is 0 Å². The Bertz CT molecular complexity index is 1440. The van der Waals surface area contributed by atoms with Crippen LogP contribution >= 0.6 is 0 Å². The fraction of sp³-hybridized carbons (Fsp3) is 0.385. The number of carbonyl (C=O) groups is 5. The highest BCUT2D eigenvalue weighted by atomic mass is 19.1. The molecule has 12 heteroatoms. The minimum Gasteiger partial charge on any atom is -0.505 e. The first kappa shape index (κ1) is 25.6. The van der Waals surface area contributed by atoms with E-state index in [0.29, 0.717) is 16.7 Å². The number of benzene rings is 1. The van der Waals surface area contributed by atoms with E-state index in [9.17, 15) is 38.6 Å². The summed E-state index contributed by atoms with van der Waals surface area (Å²) in [6.45, 7) is 0. The van der Waals surface area contributed by atoms with E-state index < -0.39 is 76.1 Å². The normalized spacial score (nSPS) is 30.6. The van der Waals surface area contributed by atoms with Crippen LogP contribution in [-0.2, 0) is 25.6 Å². The maximum atomic E-state index is 13.8. The Labute approximate surface area is 215 Å². The molecule has 3 aliphatic carbocycles. The van der Waals surface area contributed by atoms with E-state index in [1.165, 1.54) is 37.3 Å². The van der Waals surface area contributed by atoms with E-state index in [1.54, 1.807) is 0 Å². The van der Waals surface area contributed by atoms with E-state index in [2.05, 4.69) is 4.98 Å². The molecule has 6 N–H and O–H groups in total. The molecule has 5 rings (SSSR count). The quantitative estimate of drug-likeness (QED) is 0.178. The van der Waals surface area contributed by atoms with Gasteiger partial charge in [0, 0.05) is 17.7 Å². The zero-order chi connectivity index (χ0) is 27.8. The van der Waals surface area contributed by atoms with Gasteiger partial charge in [-0.25, -0.2) is 4.98 Å². The van der Waals surface area contributed by atoms with Gasteiger partial charge in [-0.3, -0.25) is 28.9 Å². The summed E-state index contributed by atoms with van der Waals surface area (Å²) in [5.74, 6) is -12.3. The summed E-state index contributed by atoms with van der Waals surface area (Å²) < 4.78 is 13.5. The number of nitrogens with zero attached hydrogens (tertiary/aromatic N) is 2. The van der Waals surface area contributed by atoms with Crippen molar-refractivity contribution < 1.29 is 38.6 Å². The molecule has 198 valence electrons. The average Bonchev–Trinajstić information content (AvgIpc) is 2.83. The van der Waals surface area contributed by atoms with Crippen LogP contribution in [-0.4, -0.2) is 74.9 Å². The molecule has 38 heavy (non-hydrogen) atoms. The second kappa shape index (κ2) is 8.50. The van der Waals surface area contributed by atoms with Crippen LogP contribution in [0.25, 0.3) is 11.1 Å². The number of likely N-dealkylation sites (N-methyl/N-ethyl adjacent to an activating group) is 1. The van der Waals surface area contributed by atoms with Gasteiger partial charge in [0.1, 0.15) is 5.75 Å². The van der Waals surface area contributed by atoms with Crippen molar-refractivity contribution in [3.63, 3.8) is 0 Å². The predicted molar refractivity (Wildman–Crippen MR) is 129 cm³/mol. The van der Waals surface area contributed by atoms with Crippen LogP contribution in [0.5, 0.6) is 5.75 Å². The summed E-state index contributed by atoms with van der Waals surface area (Å²) in [5.41, 5.74) is 9.22. The molecule has 11 nitrogen and oxygen atoms in total. The molecule has 1 heterocycles. The van der Waals surface area contributed by atoms with Gasteiger partial charge in [0.25, 0.3) is 0 Å². The number of hydrogen-bond donors (Lipinski definition) is 4. The standard InChI is InChI=1S/C26H25FN4O7/c1-31(2)19-13-6-10-5-12-11(9-3-4-15(27)30-8-9)7-14(28)20(32)17(12)21(33)16(10)23(35)26(13,38)24(36)18(22(19)34)25(29)37/h3-4,7-8,10,13,16,18-19,32,38H,5-6,28H2,1-2H3,(H2,29,37)/t10-,13-,16?,18?,19-,26-/m0/s1. The minimum atomic E-state index is -2.81. The van der Waals surface area contributed by atoms with Gasteiger partial charge < -0.3 is 21.7 Å². The van der Waals surface area contributed by atoms with E-state index in [0.717, 1.165) is 6.07 Å². The van der Waals surface area contributed by atoms with Crippen molar-refractivity contribution in [2.75, 3.05) is 19.8 Å². The maximum Gasteiger partial charge on any atom is 0.235 e. The summed E-state index contributed by atoms with van der Waals surface area (Å²) in [6.07, 6.45) is 1.20. The third-order valence-electron chi connectivity index (χ3n) is 8.13. The highest BCUT2D eigenvalue weighted by Gasteiger charge is 2.69. The molecule has 0 saturated heterocycles. The highest BCUT2D eigenvalue weighted by molar-refractivity contribution is 6.32. The molecular formula is C26H25FN4O7. The van der Waals surface area contributed by atoms with Gasteiger partial charge in [0.15, 0.2) is 34.7 Å². The molecule has 2 aromatic rings. The second-order valence-corrected chi connectivity index (χ2v) is 10.4. The number of phenolic OH excluding ortho intramolecular Hbond substituents is 1. The lowest BCUT2D eigenvalue weighted by molar-refractivity contribution is -0.181. The average molecular weight is 525 g/mol. The first-order valence-corrected chi connectivity index (χ1v) is 11.9. The zero-order valence-electron chi connectivity index (χ0n) is 20.5. The number of nitrogens with two attached hydrogens (primary N) is 2. The molecule has 1 amide bonds. The number of aromatic nitrogens is 1. The molecule has 0 aliphatic heterocycles. The number of pyridine rings is 1. The number of halogens is 1. The molecule has 0 radical (unpaired) electrons. The van der Waals surface area contributed by atoms with Crippen LogP contribution in [0.1, 0.15) is 22.3 Å². The Kier molecular flexibility index (Phi) is 5.73. The Morgan fingerprint density at radius 2 is 1.87 bits per heavy atom. The Balaban J connectivity index is 1.68. The Morgan fingerprint density at radius 3 is 2.45 bits per heavy atom. The molecule has 1 aromatic carbocycles. The van der Waals surface area contributed by atoms with Gasteiger partial charge >= 0.3 is 0 Å². The van der Waals surface area contributed by atoms with Gasteiger partial charge in [-0.05, 0) is 62.2 Å². The molecule has 2 fully saturated rings. The molecule has 3 aliphatic rings. The number of carbonyl (C=O) groups excluding carboxylic acids is 5. The largest absolute Gasteiger partial charge is 0.505 e. The fourth-order valence-corrected chi connectivity index (χ4v) is 6.49. The minimum absolute atomic E-state index is 0.0480. The summed E-state index contributed by atoms with van der Waals surface area (Å²) >= 11 is 0. The summed E-state index contributed by atoms with van der Waals surface area (Å²) in [4.78, 5) is 71.2. The van der Waals surface area contributed by atoms with Crippen molar-refractivity contribution in [1.29, 1.82) is 0 Å². The van der Waals surface area contributed by atoms with Crippen LogP contribution < -0.4 is 11.5 Å². The van der Waals surface area contributed by atoms with Crippen molar-refractivity contribution in [2.24, 2.45) is 29.4 Å². The number of hydrogen-bond acceptors (Lipinski definition) is 10. The lowest BCUT2D eigenvalue weighted by atomic mass is 9.52. The van der Waals surface area contributed by atoms with Crippen molar-refractivity contribution in [3.05, 3.63) is 41.5 Å². The van der Waals surface area contributed by atoms with Crippen LogP contribution in [0.2, 0.25) is 0 Å². The SMILES string of the molecule is CN(C)[C@@H]1C(=O)C(C(N)=O)C(=O)[C@@]2(O)C(=O)C3C(=O)c4c(O)c(N)cc(-c5ccc(F)nc5)c4C[C@H]3C[C@@H]12. The van der Waals surface area contributed by atoms with Gasteiger partial charge in [-0.2, -0.15) is 4.39 Å². The number of anilines is 1. The number of aromatic hydroxyl groups is 1. The van der Waals surface area contributed by atoms with Crippen molar-refractivity contribution in [3.8, 4) is 16.9 Å². The molecule has 0 bridgehead atoms. The van der Waals surface area contributed by atoms with E-state index in [4.69, 9.17) is 11.5 Å². The smallest absolute Gasteiger partial charge is 0.235 e. The number of ketones is 4. The maximum absolute atomic E-state index is 13.8. The van der Waals surface area contributed by atoms with Crippen LogP contribution in [0.3, 0.4) is 0 Å². The molecule has 0 spiro atoms. The molecule has 6 atom stereocenters.